The van der Waals surface area contributed by atoms with E-state index in [2.05, 4.69) is 5.32 Å². The average molecular weight is 304 g/mol. The van der Waals surface area contributed by atoms with Gasteiger partial charge in [0.1, 0.15) is 11.4 Å². The number of aliphatic carboxylic acids is 1. The molecule has 0 unspecified atom stereocenters. The number of urea groups is 1. The molecule has 0 aliphatic carbocycles. The van der Waals surface area contributed by atoms with Gasteiger partial charge in [0.15, 0.2) is 6.61 Å². The van der Waals surface area contributed by atoms with E-state index in [1.165, 1.54) is 0 Å². The minimum absolute atomic E-state index is 0.220. The molecule has 0 bridgehead atoms. The van der Waals surface area contributed by atoms with Gasteiger partial charge in [-0.2, -0.15) is 0 Å². The fourth-order valence-electron chi connectivity index (χ4n) is 1.97. The molecule has 7 heteroatoms. The number of hydrogen-bond acceptors (Lipinski definition) is 4. The second-order valence-corrected chi connectivity index (χ2v) is 4.70. The molecule has 2 N–H and O–H groups in total. The van der Waals surface area contributed by atoms with Gasteiger partial charge < -0.3 is 15.2 Å². The number of rotatable bonds is 6. The zero-order valence-corrected chi connectivity index (χ0v) is 12.0. The van der Waals surface area contributed by atoms with Crippen LogP contribution in [0, 0.1) is 0 Å². The number of hydrogen-bond donors (Lipinski definition) is 2. The SMILES string of the molecule is CCCN1C(=O)N/C(=C/c2ccc(OCC(=O)O)cc2)C1=O. The van der Waals surface area contributed by atoms with Crippen molar-refractivity contribution in [2.75, 3.05) is 13.2 Å². The summed E-state index contributed by atoms with van der Waals surface area (Å²) in [6.45, 7) is 1.85. The molecule has 1 heterocycles. The summed E-state index contributed by atoms with van der Waals surface area (Å²) in [6, 6.07) is 6.12. The lowest BCUT2D eigenvalue weighted by molar-refractivity contribution is -0.139. The van der Waals surface area contributed by atoms with Gasteiger partial charge in [0.05, 0.1) is 0 Å². The molecular weight excluding hydrogens is 288 g/mol. The molecule has 1 aliphatic heterocycles. The summed E-state index contributed by atoms with van der Waals surface area (Å²) < 4.78 is 5.01. The highest BCUT2D eigenvalue weighted by Gasteiger charge is 2.32. The van der Waals surface area contributed by atoms with Gasteiger partial charge in [0.2, 0.25) is 0 Å². The highest BCUT2D eigenvalue weighted by Crippen LogP contribution is 2.17. The molecule has 116 valence electrons. The van der Waals surface area contributed by atoms with Gasteiger partial charge in [-0.1, -0.05) is 19.1 Å². The Labute approximate surface area is 127 Å². The molecule has 1 aliphatic rings. The zero-order valence-electron chi connectivity index (χ0n) is 12.0. The summed E-state index contributed by atoms with van der Waals surface area (Å²) >= 11 is 0. The molecule has 7 nitrogen and oxygen atoms in total. The molecule has 0 saturated carbocycles. The van der Waals surface area contributed by atoms with Gasteiger partial charge in [0.25, 0.3) is 5.91 Å². The second kappa shape index (κ2) is 6.75. The monoisotopic (exact) mass is 304 g/mol. The van der Waals surface area contributed by atoms with Crippen molar-refractivity contribution in [1.82, 2.24) is 10.2 Å². The maximum Gasteiger partial charge on any atom is 0.341 e. The minimum Gasteiger partial charge on any atom is -0.482 e. The van der Waals surface area contributed by atoms with Crippen molar-refractivity contribution in [2.24, 2.45) is 0 Å². The normalized spacial score (nSPS) is 16.0. The number of benzene rings is 1. The summed E-state index contributed by atoms with van der Waals surface area (Å²) in [5, 5.41) is 11.1. The van der Waals surface area contributed by atoms with E-state index in [0.717, 1.165) is 4.90 Å². The molecule has 0 radical (unpaired) electrons. The number of carboxylic acid groups (broad SMARTS) is 1. The summed E-state index contributed by atoms with van der Waals surface area (Å²) in [6.07, 6.45) is 2.26. The number of carbonyl (C=O) groups is 3. The maximum atomic E-state index is 12.0. The molecule has 0 aromatic heterocycles. The van der Waals surface area contributed by atoms with Crippen LogP contribution in [0.1, 0.15) is 18.9 Å². The molecule has 3 amide bonds. The number of imide groups is 1. The molecule has 22 heavy (non-hydrogen) atoms. The summed E-state index contributed by atoms with van der Waals surface area (Å²) in [4.78, 5) is 35.3. The molecule has 0 spiro atoms. The predicted octanol–water partition coefficient (Wildman–Crippen LogP) is 1.45. The third-order valence-corrected chi connectivity index (χ3v) is 2.96. The van der Waals surface area contributed by atoms with Crippen LogP contribution in [-0.4, -0.2) is 41.1 Å². The smallest absolute Gasteiger partial charge is 0.341 e. The zero-order chi connectivity index (χ0) is 16.1. The van der Waals surface area contributed by atoms with Crippen molar-refractivity contribution in [1.29, 1.82) is 0 Å². The van der Waals surface area contributed by atoms with E-state index in [-0.39, 0.29) is 11.6 Å². The number of nitrogens with zero attached hydrogens (tertiary/aromatic N) is 1. The summed E-state index contributed by atoms with van der Waals surface area (Å²) in [7, 11) is 0. The van der Waals surface area contributed by atoms with E-state index in [4.69, 9.17) is 9.84 Å². The van der Waals surface area contributed by atoms with Gasteiger partial charge in [-0.25, -0.2) is 9.59 Å². The quantitative estimate of drug-likeness (QED) is 0.612. The molecule has 2 rings (SSSR count). The minimum atomic E-state index is -1.05. The topological polar surface area (TPSA) is 95.9 Å². The summed E-state index contributed by atoms with van der Waals surface area (Å²) in [5.74, 6) is -0.988. The molecule has 1 saturated heterocycles. The predicted molar refractivity (Wildman–Crippen MR) is 78.1 cm³/mol. The van der Waals surface area contributed by atoms with Gasteiger partial charge >= 0.3 is 12.0 Å². The Kier molecular flexibility index (Phi) is 4.77. The molecule has 0 atom stereocenters. The van der Waals surface area contributed by atoms with Crippen LogP contribution in [0.3, 0.4) is 0 Å². The van der Waals surface area contributed by atoms with Crippen molar-refractivity contribution in [3.05, 3.63) is 35.5 Å². The Morgan fingerprint density at radius 3 is 2.59 bits per heavy atom. The first kappa shape index (κ1) is 15.6. The number of carbonyl (C=O) groups excluding carboxylic acids is 2. The van der Waals surface area contributed by atoms with Crippen LogP contribution in [0.5, 0.6) is 5.75 Å². The van der Waals surface area contributed by atoms with E-state index >= 15 is 0 Å². The van der Waals surface area contributed by atoms with Crippen molar-refractivity contribution in [3.63, 3.8) is 0 Å². The third-order valence-electron chi connectivity index (χ3n) is 2.96. The first-order valence-corrected chi connectivity index (χ1v) is 6.80. The average Bonchev–Trinajstić information content (AvgIpc) is 2.74. The van der Waals surface area contributed by atoms with Crippen LogP contribution in [0.25, 0.3) is 6.08 Å². The van der Waals surface area contributed by atoms with Crippen LogP contribution in [0.4, 0.5) is 4.79 Å². The lowest BCUT2D eigenvalue weighted by Crippen LogP contribution is -2.31. The van der Waals surface area contributed by atoms with Gasteiger partial charge in [-0.3, -0.25) is 9.69 Å². The fraction of sp³-hybridized carbons (Fsp3) is 0.267. The second-order valence-electron chi connectivity index (χ2n) is 4.70. The third kappa shape index (κ3) is 3.63. The first-order valence-electron chi connectivity index (χ1n) is 6.80. The Hall–Kier alpha value is -2.83. The Balaban J connectivity index is 2.08. The van der Waals surface area contributed by atoms with Crippen molar-refractivity contribution >= 4 is 24.0 Å². The molecular formula is C15H16N2O5. The van der Waals surface area contributed by atoms with E-state index < -0.39 is 18.6 Å². The number of amides is 3. The van der Waals surface area contributed by atoms with E-state index in [0.29, 0.717) is 24.3 Å². The van der Waals surface area contributed by atoms with Crippen LogP contribution < -0.4 is 10.1 Å². The highest BCUT2D eigenvalue weighted by molar-refractivity contribution is 6.13. The van der Waals surface area contributed by atoms with E-state index in [1.807, 2.05) is 6.92 Å². The van der Waals surface area contributed by atoms with Gasteiger partial charge in [-0.05, 0) is 30.2 Å². The van der Waals surface area contributed by atoms with Crippen LogP contribution >= 0.6 is 0 Å². The van der Waals surface area contributed by atoms with E-state index in [1.54, 1.807) is 30.3 Å². The maximum absolute atomic E-state index is 12.0. The lowest BCUT2D eigenvalue weighted by atomic mass is 10.2. The van der Waals surface area contributed by atoms with Gasteiger partial charge in [0, 0.05) is 6.54 Å². The molecule has 1 fully saturated rings. The molecule has 1 aromatic carbocycles. The Morgan fingerprint density at radius 2 is 2.00 bits per heavy atom. The van der Waals surface area contributed by atoms with Crippen LogP contribution in [0.2, 0.25) is 0 Å². The highest BCUT2D eigenvalue weighted by atomic mass is 16.5. The number of nitrogens with one attached hydrogen (secondary N) is 1. The summed E-state index contributed by atoms with van der Waals surface area (Å²) in [5.41, 5.74) is 0.919. The van der Waals surface area contributed by atoms with Gasteiger partial charge in [-0.15, -0.1) is 0 Å². The number of ether oxygens (including phenoxy) is 1. The Morgan fingerprint density at radius 1 is 1.32 bits per heavy atom. The van der Waals surface area contributed by atoms with Crippen molar-refractivity contribution in [3.8, 4) is 5.75 Å². The van der Waals surface area contributed by atoms with Crippen molar-refractivity contribution in [2.45, 2.75) is 13.3 Å². The molecule has 1 aromatic rings. The van der Waals surface area contributed by atoms with Crippen molar-refractivity contribution < 1.29 is 24.2 Å². The van der Waals surface area contributed by atoms with Crippen LogP contribution in [-0.2, 0) is 9.59 Å². The number of carboxylic acids is 1. The standard InChI is InChI=1S/C15H16N2O5/c1-2-7-17-14(20)12(16-15(17)21)8-10-3-5-11(6-4-10)22-9-13(18)19/h3-6,8H,2,7,9H2,1H3,(H,16,21)(H,18,19)/b12-8+. The largest absolute Gasteiger partial charge is 0.482 e. The van der Waals surface area contributed by atoms with Crippen LogP contribution in [0.15, 0.2) is 30.0 Å². The first-order chi connectivity index (χ1) is 10.5. The Bertz CT molecular complexity index is 621. The lowest BCUT2D eigenvalue weighted by Gasteiger charge is -2.08. The van der Waals surface area contributed by atoms with E-state index in [9.17, 15) is 14.4 Å². The fourth-order valence-corrected chi connectivity index (χ4v) is 1.97.